The minimum absolute atomic E-state index is 0.0118. The molecule has 1 aromatic rings. The molecule has 0 N–H and O–H groups in total. The number of benzene rings is 1. The summed E-state index contributed by atoms with van der Waals surface area (Å²) in [5.41, 5.74) is -1.02. The van der Waals surface area contributed by atoms with Crippen molar-refractivity contribution in [3.05, 3.63) is 46.5 Å². The quantitative estimate of drug-likeness (QED) is 0.756. The summed E-state index contributed by atoms with van der Waals surface area (Å²) in [6, 6.07) is 5.23. The molecule has 0 bridgehead atoms. The van der Waals surface area contributed by atoms with E-state index in [0.29, 0.717) is 24.9 Å². The van der Waals surface area contributed by atoms with Gasteiger partial charge in [-0.3, -0.25) is 9.59 Å². The number of hydrogen-bond acceptors (Lipinski definition) is 3. The van der Waals surface area contributed by atoms with Gasteiger partial charge in [0, 0.05) is 24.6 Å². The predicted molar refractivity (Wildman–Crippen MR) is 98.3 cm³/mol. The summed E-state index contributed by atoms with van der Waals surface area (Å²) in [6.07, 6.45) is -1.80. The van der Waals surface area contributed by atoms with Gasteiger partial charge >= 0.3 is 6.18 Å². The maximum absolute atomic E-state index is 13.0. The summed E-state index contributed by atoms with van der Waals surface area (Å²) in [7, 11) is 1.53. The molecule has 1 atom stereocenters. The monoisotopic (exact) mass is 392 g/mol. The molecule has 4 nitrogen and oxygen atoms in total. The Bertz CT molecular complexity index is 863. The number of alkyl halides is 3. The maximum Gasteiger partial charge on any atom is 0.416 e. The van der Waals surface area contributed by atoms with Crippen molar-refractivity contribution in [2.24, 2.45) is 11.3 Å². The van der Waals surface area contributed by atoms with E-state index in [9.17, 15) is 22.8 Å². The lowest BCUT2D eigenvalue weighted by atomic mass is 9.71. The zero-order valence-corrected chi connectivity index (χ0v) is 16.4. The van der Waals surface area contributed by atoms with Gasteiger partial charge in [-0.1, -0.05) is 19.9 Å². The van der Waals surface area contributed by atoms with E-state index in [0.717, 1.165) is 12.1 Å². The van der Waals surface area contributed by atoms with Gasteiger partial charge in [-0.05, 0) is 49.4 Å². The molecule has 2 rings (SSSR count). The van der Waals surface area contributed by atoms with E-state index in [1.807, 2.05) is 6.07 Å². The number of Topliss-reactive ketones (excluding diaryl/α,β-unsaturated/α-hetero) is 1. The number of nitrogens with zero attached hydrogens (tertiary/aromatic N) is 2. The molecule has 7 heteroatoms. The Morgan fingerprint density at radius 1 is 1.32 bits per heavy atom. The lowest BCUT2D eigenvalue weighted by molar-refractivity contribution is -0.137. The molecule has 0 aromatic heterocycles. The molecule has 28 heavy (non-hydrogen) atoms. The Hall–Kier alpha value is -2.62. The second-order valence-corrected chi connectivity index (χ2v) is 7.97. The van der Waals surface area contributed by atoms with Crippen LogP contribution in [0.1, 0.15) is 48.2 Å². The predicted octanol–water partition coefficient (Wildman–Crippen LogP) is 4.54. The van der Waals surface area contributed by atoms with Crippen LogP contribution in [0, 0.1) is 29.6 Å². The van der Waals surface area contributed by atoms with Crippen molar-refractivity contribution < 1.29 is 22.8 Å². The van der Waals surface area contributed by atoms with Gasteiger partial charge in [0.15, 0.2) is 5.78 Å². The van der Waals surface area contributed by atoms with Crippen LogP contribution in [0.25, 0.3) is 0 Å². The van der Waals surface area contributed by atoms with Gasteiger partial charge in [-0.25, -0.2) is 0 Å². The minimum atomic E-state index is -4.52. The molecule has 150 valence electrons. The highest BCUT2D eigenvalue weighted by Crippen LogP contribution is 2.36. The van der Waals surface area contributed by atoms with E-state index in [2.05, 4.69) is 0 Å². The third-order valence-corrected chi connectivity index (χ3v) is 4.99. The number of carbonyl (C=O) groups excluding carboxylic acids is 2. The van der Waals surface area contributed by atoms with E-state index in [4.69, 9.17) is 5.26 Å². The number of halogens is 3. The number of aryl methyl sites for hydroxylation is 1. The molecule has 1 unspecified atom stereocenters. The van der Waals surface area contributed by atoms with Crippen LogP contribution in [0.3, 0.4) is 0 Å². The normalized spacial score (nSPS) is 19.0. The van der Waals surface area contributed by atoms with Gasteiger partial charge in [0.05, 0.1) is 11.1 Å². The van der Waals surface area contributed by atoms with Crippen LogP contribution in [0.5, 0.6) is 0 Å². The fourth-order valence-electron chi connectivity index (χ4n) is 3.51. The molecule has 0 aliphatic heterocycles. The van der Waals surface area contributed by atoms with Crippen LogP contribution in [0.15, 0.2) is 29.8 Å². The highest BCUT2D eigenvalue weighted by molar-refractivity contribution is 6.03. The average Bonchev–Trinajstić information content (AvgIpc) is 2.60. The summed E-state index contributed by atoms with van der Waals surface area (Å²) in [6.45, 7) is 5.39. The van der Waals surface area contributed by atoms with Crippen LogP contribution in [0.2, 0.25) is 0 Å². The molecular weight excluding hydrogens is 369 g/mol. The van der Waals surface area contributed by atoms with Crippen LogP contribution in [-0.4, -0.2) is 30.2 Å². The van der Waals surface area contributed by atoms with Crippen LogP contribution in [0.4, 0.5) is 13.2 Å². The van der Waals surface area contributed by atoms with Crippen molar-refractivity contribution in [3.63, 3.8) is 0 Å². The SMILES string of the molecule is Cc1cc(C(=O)N(C)CCC2C=C(C#N)C(=O)C(C)(C)C2)cc(C(F)(F)F)c1. The standard InChI is InChI=1S/C21H23F3N2O2/c1-13-7-15(10-17(8-13)21(22,23)24)19(28)26(4)6-5-14-9-16(12-25)18(27)20(2,3)11-14/h7-10,14H,5-6,11H2,1-4H3. The Labute approximate surface area is 162 Å². The summed E-state index contributed by atoms with van der Waals surface area (Å²) in [5.74, 6) is -0.735. The Kier molecular flexibility index (Phi) is 6.03. The van der Waals surface area contributed by atoms with E-state index < -0.39 is 23.1 Å². The second kappa shape index (κ2) is 7.78. The summed E-state index contributed by atoms with van der Waals surface area (Å²) in [4.78, 5) is 26.1. The van der Waals surface area contributed by atoms with Crippen molar-refractivity contribution in [2.45, 2.75) is 39.8 Å². The van der Waals surface area contributed by atoms with Gasteiger partial charge in [0.25, 0.3) is 5.91 Å². The Morgan fingerprint density at radius 3 is 2.54 bits per heavy atom. The third kappa shape index (κ3) is 4.80. The van der Waals surface area contributed by atoms with Gasteiger partial charge in [-0.2, -0.15) is 18.4 Å². The van der Waals surface area contributed by atoms with Crippen molar-refractivity contribution >= 4 is 11.7 Å². The number of carbonyl (C=O) groups is 2. The zero-order chi connectivity index (χ0) is 21.3. The third-order valence-electron chi connectivity index (χ3n) is 4.99. The average molecular weight is 392 g/mol. The van der Waals surface area contributed by atoms with Crippen molar-refractivity contribution in [1.29, 1.82) is 5.26 Å². The number of allylic oxidation sites excluding steroid dienone is 2. The first-order valence-electron chi connectivity index (χ1n) is 8.96. The zero-order valence-electron chi connectivity index (χ0n) is 16.4. The number of rotatable bonds is 4. The van der Waals surface area contributed by atoms with E-state index in [1.54, 1.807) is 19.9 Å². The Morgan fingerprint density at radius 2 is 1.96 bits per heavy atom. The topological polar surface area (TPSA) is 61.2 Å². The highest BCUT2D eigenvalue weighted by Gasteiger charge is 2.37. The fraction of sp³-hybridized carbons (Fsp3) is 0.476. The summed E-state index contributed by atoms with van der Waals surface area (Å²) >= 11 is 0. The lowest BCUT2D eigenvalue weighted by Crippen LogP contribution is -2.34. The van der Waals surface area contributed by atoms with Crippen molar-refractivity contribution in [3.8, 4) is 6.07 Å². The highest BCUT2D eigenvalue weighted by atomic mass is 19.4. The van der Waals surface area contributed by atoms with Gasteiger partial charge < -0.3 is 4.90 Å². The molecule has 0 radical (unpaired) electrons. The number of hydrogen-bond donors (Lipinski definition) is 0. The molecule has 1 amide bonds. The molecule has 1 aromatic carbocycles. The van der Waals surface area contributed by atoms with Crippen LogP contribution >= 0.6 is 0 Å². The molecule has 0 saturated heterocycles. The number of ketones is 1. The van der Waals surface area contributed by atoms with E-state index in [-0.39, 0.29) is 22.8 Å². The molecule has 0 fully saturated rings. The van der Waals surface area contributed by atoms with Crippen molar-refractivity contribution in [1.82, 2.24) is 4.90 Å². The molecule has 0 heterocycles. The van der Waals surface area contributed by atoms with Crippen molar-refractivity contribution in [2.75, 3.05) is 13.6 Å². The largest absolute Gasteiger partial charge is 0.416 e. The van der Waals surface area contributed by atoms with E-state index >= 15 is 0 Å². The maximum atomic E-state index is 13.0. The molecule has 0 saturated carbocycles. The Balaban J connectivity index is 2.12. The number of amides is 1. The first-order chi connectivity index (χ1) is 12.8. The summed E-state index contributed by atoms with van der Waals surface area (Å²) < 4.78 is 39.0. The van der Waals surface area contributed by atoms with Gasteiger partial charge in [-0.15, -0.1) is 0 Å². The molecular formula is C21H23F3N2O2. The second-order valence-electron chi connectivity index (χ2n) is 7.97. The van der Waals surface area contributed by atoms with Crippen LogP contribution < -0.4 is 0 Å². The van der Waals surface area contributed by atoms with Gasteiger partial charge in [0.2, 0.25) is 0 Å². The first-order valence-corrected chi connectivity index (χ1v) is 8.96. The number of nitriles is 1. The minimum Gasteiger partial charge on any atom is -0.342 e. The first kappa shape index (κ1) is 21.7. The van der Waals surface area contributed by atoms with Crippen LogP contribution in [-0.2, 0) is 11.0 Å². The summed E-state index contributed by atoms with van der Waals surface area (Å²) in [5, 5.41) is 9.15. The fourth-order valence-corrected chi connectivity index (χ4v) is 3.51. The lowest BCUT2D eigenvalue weighted by Gasteiger charge is -2.32. The molecule has 0 spiro atoms. The van der Waals surface area contributed by atoms with Gasteiger partial charge in [0.1, 0.15) is 6.07 Å². The molecule has 1 aliphatic rings. The smallest absolute Gasteiger partial charge is 0.342 e. The molecule has 1 aliphatic carbocycles. The van der Waals surface area contributed by atoms with E-state index in [1.165, 1.54) is 24.9 Å².